The Morgan fingerprint density at radius 3 is 2.39 bits per heavy atom. The van der Waals surface area contributed by atoms with Crippen LogP contribution in [-0.2, 0) is 0 Å². The number of aryl methyl sites for hydroxylation is 1. The van der Waals surface area contributed by atoms with E-state index in [1.807, 2.05) is 0 Å². The fourth-order valence-corrected chi connectivity index (χ4v) is 1.89. The Morgan fingerprint density at radius 2 is 1.72 bits per heavy atom. The molecule has 0 fully saturated rings. The molecule has 1 nitrogen and oxygen atoms in total. The van der Waals surface area contributed by atoms with E-state index in [9.17, 15) is 13.6 Å². The van der Waals surface area contributed by atoms with Gasteiger partial charge in [-0.3, -0.25) is 4.79 Å². The molecule has 0 radical (unpaired) electrons. The van der Waals surface area contributed by atoms with Crippen LogP contribution in [0.3, 0.4) is 0 Å². The molecule has 0 aliphatic rings. The molecule has 0 heterocycles. The second kappa shape index (κ2) is 7.24. The van der Waals surface area contributed by atoms with Crippen LogP contribution in [0.1, 0.15) is 61.4 Å². The maximum atomic E-state index is 13.5. The second-order valence-electron chi connectivity index (χ2n) is 4.65. The summed E-state index contributed by atoms with van der Waals surface area (Å²) >= 11 is 0. The molecular formula is C15H20F2O. The molecule has 0 saturated heterocycles. The van der Waals surface area contributed by atoms with Gasteiger partial charge in [-0.25, -0.2) is 8.78 Å². The first-order valence-electron chi connectivity index (χ1n) is 6.55. The highest BCUT2D eigenvalue weighted by Gasteiger charge is 2.16. The van der Waals surface area contributed by atoms with Gasteiger partial charge in [0.05, 0.1) is 5.56 Å². The number of ketones is 1. The van der Waals surface area contributed by atoms with Crippen molar-refractivity contribution in [1.29, 1.82) is 0 Å². The molecule has 0 saturated carbocycles. The average Bonchev–Trinajstić information content (AvgIpc) is 2.35. The highest BCUT2D eigenvalue weighted by atomic mass is 19.2. The van der Waals surface area contributed by atoms with Gasteiger partial charge >= 0.3 is 0 Å². The van der Waals surface area contributed by atoms with Gasteiger partial charge in [-0.05, 0) is 25.0 Å². The van der Waals surface area contributed by atoms with Crippen LogP contribution >= 0.6 is 0 Å². The fraction of sp³-hybridized carbons (Fsp3) is 0.533. The summed E-state index contributed by atoms with van der Waals surface area (Å²) in [5, 5.41) is 0. The van der Waals surface area contributed by atoms with Gasteiger partial charge in [0, 0.05) is 6.42 Å². The second-order valence-corrected chi connectivity index (χ2v) is 4.65. The largest absolute Gasteiger partial charge is 0.294 e. The van der Waals surface area contributed by atoms with Gasteiger partial charge in [0.15, 0.2) is 17.4 Å². The molecule has 0 amide bonds. The fourth-order valence-electron chi connectivity index (χ4n) is 1.89. The number of unbranched alkanes of at least 4 members (excludes halogenated alkanes) is 4. The lowest BCUT2D eigenvalue weighted by atomic mass is 10.0. The molecule has 0 aliphatic carbocycles. The van der Waals surface area contributed by atoms with Crippen molar-refractivity contribution < 1.29 is 13.6 Å². The number of halogens is 2. The summed E-state index contributed by atoms with van der Waals surface area (Å²) in [6.45, 7) is 3.60. The highest BCUT2D eigenvalue weighted by molar-refractivity contribution is 5.96. The topological polar surface area (TPSA) is 17.1 Å². The third-order valence-corrected chi connectivity index (χ3v) is 3.08. The minimum absolute atomic E-state index is 0.117. The standard InChI is InChI=1S/C15H20F2O/c1-3-4-5-6-7-8-13(18)12-10-9-11(2)14(16)15(12)17/h9-10H,3-8H2,1-2H3. The van der Waals surface area contributed by atoms with Crippen molar-refractivity contribution in [3.8, 4) is 0 Å². The molecule has 0 unspecified atom stereocenters. The van der Waals surface area contributed by atoms with E-state index in [2.05, 4.69) is 6.92 Å². The minimum Gasteiger partial charge on any atom is -0.294 e. The quantitative estimate of drug-likeness (QED) is 0.503. The average molecular weight is 254 g/mol. The number of benzene rings is 1. The Balaban J connectivity index is 2.54. The van der Waals surface area contributed by atoms with E-state index in [1.165, 1.54) is 19.1 Å². The van der Waals surface area contributed by atoms with E-state index in [4.69, 9.17) is 0 Å². The Bertz CT molecular complexity index is 413. The van der Waals surface area contributed by atoms with Crippen molar-refractivity contribution in [3.05, 3.63) is 34.9 Å². The molecule has 0 bridgehead atoms. The molecule has 0 aromatic heterocycles. The molecule has 1 aromatic rings. The van der Waals surface area contributed by atoms with Crippen LogP contribution in [0.4, 0.5) is 8.78 Å². The molecule has 18 heavy (non-hydrogen) atoms. The van der Waals surface area contributed by atoms with E-state index < -0.39 is 11.6 Å². The predicted octanol–water partition coefficient (Wildman–Crippen LogP) is 4.82. The molecule has 100 valence electrons. The third kappa shape index (κ3) is 3.90. The van der Waals surface area contributed by atoms with Gasteiger partial charge in [0.2, 0.25) is 0 Å². The molecule has 1 aromatic carbocycles. The Morgan fingerprint density at radius 1 is 1.06 bits per heavy atom. The van der Waals surface area contributed by atoms with Gasteiger partial charge in [-0.15, -0.1) is 0 Å². The first kappa shape index (κ1) is 14.8. The monoisotopic (exact) mass is 254 g/mol. The predicted molar refractivity (Wildman–Crippen MR) is 68.8 cm³/mol. The van der Waals surface area contributed by atoms with Crippen molar-refractivity contribution in [1.82, 2.24) is 0 Å². The first-order chi connectivity index (χ1) is 8.57. The first-order valence-corrected chi connectivity index (χ1v) is 6.55. The van der Waals surface area contributed by atoms with Crippen LogP contribution in [0.5, 0.6) is 0 Å². The number of carbonyl (C=O) groups is 1. The number of hydrogen-bond acceptors (Lipinski definition) is 1. The zero-order valence-electron chi connectivity index (χ0n) is 11.1. The van der Waals surface area contributed by atoms with Crippen LogP contribution in [-0.4, -0.2) is 5.78 Å². The van der Waals surface area contributed by atoms with Gasteiger partial charge in [-0.1, -0.05) is 38.7 Å². The minimum atomic E-state index is -1.01. The van der Waals surface area contributed by atoms with Crippen LogP contribution in [0.2, 0.25) is 0 Å². The van der Waals surface area contributed by atoms with E-state index >= 15 is 0 Å². The zero-order chi connectivity index (χ0) is 13.5. The molecular weight excluding hydrogens is 234 g/mol. The summed E-state index contributed by atoms with van der Waals surface area (Å²) < 4.78 is 26.9. The summed E-state index contributed by atoms with van der Waals surface area (Å²) in [6.07, 6.45) is 5.40. The molecule has 3 heteroatoms. The third-order valence-electron chi connectivity index (χ3n) is 3.08. The molecule has 0 atom stereocenters. The lowest BCUT2D eigenvalue weighted by Gasteiger charge is -2.05. The van der Waals surface area contributed by atoms with E-state index in [0.717, 1.165) is 32.1 Å². The number of carbonyl (C=O) groups excluding carboxylic acids is 1. The molecule has 1 rings (SSSR count). The van der Waals surface area contributed by atoms with E-state index in [0.29, 0.717) is 6.42 Å². The van der Waals surface area contributed by atoms with Crippen LogP contribution < -0.4 is 0 Å². The highest BCUT2D eigenvalue weighted by Crippen LogP contribution is 2.18. The summed E-state index contributed by atoms with van der Waals surface area (Å²) in [4.78, 5) is 11.8. The van der Waals surface area contributed by atoms with Crippen LogP contribution in [0, 0.1) is 18.6 Å². The Hall–Kier alpha value is -1.25. The summed E-state index contributed by atoms with van der Waals surface area (Å²) in [5.74, 6) is -2.22. The van der Waals surface area contributed by atoms with Crippen molar-refractivity contribution >= 4 is 5.78 Å². The van der Waals surface area contributed by atoms with Gasteiger partial charge < -0.3 is 0 Å². The lowest BCUT2D eigenvalue weighted by Crippen LogP contribution is -2.05. The van der Waals surface area contributed by atoms with Gasteiger partial charge in [0.1, 0.15) is 0 Å². The lowest BCUT2D eigenvalue weighted by molar-refractivity contribution is 0.0974. The van der Waals surface area contributed by atoms with Gasteiger partial charge in [0.25, 0.3) is 0 Å². The molecule has 0 spiro atoms. The van der Waals surface area contributed by atoms with Gasteiger partial charge in [-0.2, -0.15) is 0 Å². The normalized spacial score (nSPS) is 10.7. The smallest absolute Gasteiger partial charge is 0.169 e. The van der Waals surface area contributed by atoms with E-state index in [-0.39, 0.29) is 16.9 Å². The van der Waals surface area contributed by atoms with Crippen molar-refractivity contribution in [2.24, 2.45) is 0 Å². The zero-order valence-corrected chi connectivity index (χ0v) is 11.1. The number of Topliss-reactive ketones (excluding diaryl/α,β-unsaturated/α-hetero) is 1. The van der Waals surface area contributed by atoms with Crippen molar-refractivity contribution in [3.63, 3.8) is 0 Å². The maximum absolute atomic E-state index is 13.5. The Labute approximate surface area is 107 Å². The molecule has 0 aliphatic heterocycles. The number of hydrogen-bond donors (Lipinski definition) is 0. The number of rotatable bonds is 7. The Kier molecular flexibility index (Phi) is 5.96. The SMILES string of the molecule is CCCCCCCC(=O)c1ccc(C)c(F)c1F. The summed E-state index contributed by atoms with van der Waals surface area (Å²) in [7, 11) is 0. The maximum Gasteiger partial charge on any atom is 0.169 e. The van der Waals surface area contributed by atoms with Crippen molar-refractivity contribution in [2.75, 3.05) is 0 Å². The summed E-state index contributed by atoms with van der Waals surface area (Å²) in [6, 6.07) is 2.82. The molecule has 0 N–H and O–H groups in total. The summed E-state index contributed by atoms with van der Waals surface area (Å²) in [5.41, 5.74) is 0.112. The van der Waals surface area contributed by atoms with Crippen molar-refractivity contribution in [2.45, 2.75) is 52.4 Å². The van der Waals surface area contributed by atoms with Crippen LogP contribution in [0.15, 0.2) is 12.1 Å². The van der Waals surface area contributed by atoms with E-state index in [1.54, 1.807) is 0 Å². The van der Waals surface area contributed by atoms with Crippen LogP contribution in [0.25, 0.3) is 0 Å².